The summed E-state index contributed by atoms with van der Waals surface area (Å²) in [4.78, 5) is 0. The molecule has 0 bridgehead atoms. The molecule has 19 heavy (non-hydrogen) atoms. The molecule has 0 spiro atoms. The summed E-state index contributed by atoms with van der Waals surface area (Å²) in [6.07, 6.45) is 0.901. The second-order valence-electron chi connectivity index (χ2n) is 4.57. The molecule has 2 nitrogen and oxygen atoms in total. The summed E-state index contributed by atoms with van der Waals surface area (Å²) < 4.78 is 24.2. The molecule has 0 aromatic heterocycles. The minimum absolute atomic E-state index is 0.0463. The maximum Gasteiger partial charge on any atom is 0.123 e. The van der Waals surface area contributed by atoms with Crippen molar-refractivity contribution in [2.75, 3.05) is 13.2 Å². The Morgan fingerprint density at radius 1 is 1.11 bits per heavy atom. The van der Waals surface area contributed by atoms with E-state index in [2.05, 4.69) is 12.1 Å². The Kier molecular flexibility index (Phi) is 3.47. The number of benzene rings is 2. The first-order chi connectivity index (χ1) is 9.33. The summed E-state index contributed by atoms with van der Waals surface area (Å²) in [6, 6.07) is 14.3. The summed E-state index contributed by atoms with van der Waals surface area (Å²) in [5, 5.41) is 0. The van der Waals surface area contributed by atoms with Crippen LogP contribution in [-0.2, 0) is 11.2 Å². The van der Waals surface area contributed by atoms with Gasteiger partial charge in [-0.25, -0.2) is 4.39 Å². The highest BCUT2D eigenvalue weighted by Gasteiger charge is 2.20. The molecule has 3 rings (SSSR count). The molecule has 1 unspecified atom stereocenters. The van der Waals surface area contributed by atoms with E-state index in [1.165, 1.54) is 23.3 Å². The standard InChI is InChI=1S/C16H15FO2/c17-13-5-7-14(8-6-13)19-11-16-15-4-2-1-3-12(15)9-10-18-16/h1-8,16H,9-11H2. The molecule has 1 atom stereocenters. The second-order valence-corrected chi connectivity index (χ2v) is 4.57. The Labute approximate surface area is 111 Å². The van der Waals surface area contributed by atoms with Gasteiger partial charge in [0.1, 0.15) is 24.3 Å². The van der Waals surface area contributed by atoms with Crippen molar-refractivity contribution in [1.82, 2.24) is 0 Å². The number of rotatable bonds is 3. The predicted molar refractivity (Wildman–Crippen MR) is 70.7 cm³/mol. The van der Waals surface area contributed by atoms with E-state index in [-0.39, 0.29) is 11.9 Å². The summed E-state index contributed by atoms with van der Waals surface area (Å²) in [5.74, 6) is 0.402. The minimum Gasteiger partial charge on any atom is -0.491 e. The Morgan fingerprint density at radius 2 is 1.89 bits per heavy atom. The largest absolute Gasteiger partial charge is 0.491 e. The number of halogens is 1. The van der Waals surface area contributed by atoms with E-state index in [1.807, 2.05) is 12.1 Å². The van der Waals surface area contributed by atoms with Crippen LogP contribution in [0.4, 0.5) is 4.39 Å². The van der Waals surface area contributed by atoms with E-state index < -0.39 is 0 Å². The predicted octanol–water partition coefficient (Wildman–Crippen LogP) is 3.52. The molecule has 0 fully saturated rings. The highest BCUT2D eigenvalue weighted by Crippen LogP contribution is 2.27. The molecule has 1 aliphatic heterocycles. The third-order valence-corrected chi connectivity index (χ3v) is 3.31. The van der Waals surface area contributed by atoms with Gasteiger partial charge < -0.3 is 9.47 Å². The quantitative estimate of drug-likeness (QED) is 0.838. The van der Waals surface area contributed by atoms with Crippen molar-refractivity contribution in [3.05, 3.63) is 65.5 Å². The van der Waals surface area contributed by atoms with Crippen LogP contribution in [0.1, 0.15) is 17.2 Å². The molecular formula is C16H15FO2. The molecular weight excluding hydrogens is 243 g/mol. The summed E-state index contributed by atoms with van der Waals surface area (Å²) in [5.41, 5.74) is 2.51. The first-order valence-electron chi connectivity index (χ1n) is 6.41. The topological polar surface area (TPSA) is 18.5 Å². The van der Waals surface area contributed by atoms with Crippen LogP contribution in [0.5, 0.6) is 5.75 Å². The van der Waals surface area contributed by atoms with Crippen LogP contribution in [0.15, 0.2) is 48.5 Å². The smallest absolute Gasteiger partial charge is 0.123 e. The highest BCUT2D eigenvalue weighted by molar-refractivity contribution is 5.31. The average Bonchev–Trinajstić information content (AvgIpc) is 2.47. The number of ether oxygens (including phenoxy) is 2. The van der Waals surface area contributed by atoms with Crippen LogP contribution in [-0.4, -0.2) is 13.2 Å². The van der Waals surface area contributed by atoms with Crippen LogP contribution in [0.2, 0.25) is 0 Å². The lowest BCUT2D eigenvalue weighted by atomic mass is 9.98. The Hall–Kier alpha value is -1.87. The van der Waals surface area contributed by atoms with E-state index in [9.17, 15) is 4.39 Å². The van der Waals surface area contributed by atoms with Crippen molar-refractivity contribution in [1.29, 1.82) is 0 Å². The highest BCUT2D eigenvalue weighted by atomic mass is 19.1. The average molecular weight is 258 g/mol. The lowest BCUT2D eigenvalue weighted by Crippen LogP contribution is -2.21. The summed E-state index contributed by atoms with van der Waals surface area (Å²) >= 11 is 0. The van der Waals surface area contributed by atoms with Gasteiger partial charge in [-0.1, -0.05) is 24.3 Å². The van der Waals surface area contributed by atoms with Gasteiger partial charge in [-0.2, -0.15) is 0 Å². The molecule has 0 radical (unpaired) electrons. The maximum atomic E-state index is 12.8. The Bertz CT molecular complexity index is 551. The first-order valence-corrected chi connectivity index (χ1v) is 6.41. The molecule has 2 aromatic rings. The second kappa shape index (κ2) is 5.41. The van der Waals surface area contributed by atoms with Crippen molar-refractivity contribution in [2.24, 2.45) is 0 Å². The van der Waals surface area contributed by atoms with Gasteiger partial charge in [0.2, 0.25) is 0 Å². The van der Waals surface area contributed by atoms with E-state index in [0.29, 0.717) is 19.0 Å². The van der Waals surface area contributed by atoms with Crippen LogP contribution in [0.25, 0.3) is 0 Å². The molecule has 0 amide bonds. The monoisotopic (exact) mass is 258 g/mol. The molecule has 3 heteroatoms. The van der Waals surface area contributed by atoms with Gasteiger partial charge in [-0.3, -0.25) is 0 Å². The van der Waals surface area contributed by atoms with Gasteiger partial charge in [-0.05, 0) is 41.8 Å². The van der Waals surface area contributed by atoms with E-state index in [0.717, 1.165) is 6.42 Å². The molecule has 0 aliphatic carbocycles. The third-order valence-electron chi connectivity index (χ3n) is 3.31. The zero-order valence-corrected chi connectivity index (χ0v) is 10.5. The van der Waals surface area contributed by atoms with E-state index >= 15 is 0 Å². The molecule has 1 heterocycles. The van der Waals surface area contributed by atoms with Gasteiger partial charge in [0.05, 0.1) is 6.61 Å². The van der Waals surface area contributed by atoms with Gasteiger partial charge in [0.15, 0.2) is 0 Å². The maximum absolute atomic E-state index is 12.8. The van der Waals surface area contributed by atoms with Crippen molar-refractivity contribution < 1.29 is 13.9 Å². The SMILES string of the molecule is Fc1ccc(OCC2OCCc3ccccc32)cc1. The van der Waals surface area contributed by atoms with E-state index in [4.69, 9.17) is 9.47 Å². The van der Waals surface area contributed by atoms with Gasteiger partial charge >= 0.3 is 0 Å². The third kappa shape index (κ3) is 2.76. The van der Waals surface area contributed by atoms with Crippen molar-refractivity contribution >= 4 is 0 Å². The van der Waals surface area contributed by atoms with E-state index in [1.54, 1.807) is 12.1 Å². The van der Waals surface area contributed by atoms with Crippen molar-refractivity contribution in [3.8, 4) is 5.75 Å². The molecule has 1 aliphatic rings. The van der Waals surface area contributed by atoms with Crippen LogP contribution < -0.4 is 4.74 Å². The van der Waals surface area contributed by atoms with Gasteiger partial charge in [-0.15, -0.1) is 0 Å². The van der Waals surface area contributed by atoms with Crippen LogP contribution >= 0.6 is 0 Å². The molecule has 0 saturated carbocycles. The van der Waals surface area contributed by atoms with Crippen LogP contribution in [0.3, 0.4) is 0 Å². The number of hydrogen-bond donors (Lipinski definition) is 0. The van der Waals surface area contributed by atoms with Crippen molar-refractivity contribution in [2.45, 2.75) is 12.5 Å². The fraction of sp³-hybridized carbons (Fsp3) is 0.250. The molecule has 0 saturated heterocycles. The lowest BCUT2D eigenvalue weighted by Gasteiger charge is -2.26. The minimum atomic E-state index is -0.258. The summed E-state index contributed by atoms with van der Waals surface area (Å²) in [6.45, 7) is 1.16. The molecule has 98 valence electrons. The lowest BCUT2D eigenvalue weighted by molar-refractivity contribution is 0.0102. The fourth-order valence-corrected chi connectivity index (χ4v) is 2.32. The first kappa shape index (κ1) is 12.2. The Balaban J connectivity index is 1.69. The van der Waals surface area contributed by atoms with Crippen molar-refractivity contribution in [3.63, 3.8) is 0 Å². The molecule has 2 aromatic carbocycles. The Morgan fingerprint density at radius 3 is 2.74 bits per heavy atom. The number of hydrogen-bond acceptors (Lipinski definition) is 2. The zero-order chi connectivity index (χ0) is 13.1. The fourth-order valence-electron chi connectivity index (χ4n) is 2.32. The normalized spacial score (nSPS) is 17.8. The number of fused-ring (bicyclic) bond motifs is 1. The summed E-state index contributed by atoms with van der Waals surface area (Å²) in [7, 11) is 0. The van der Waals surface area contributed by atoms with Crippen LogP contribution in [0, 0.1) is 5.82 Å². The zero-order valence-electron chi connectivity index (χ0n) is 10.5. The van der Waals surface area contributed by atoms with Gasteiger partial charge in [0, 0.05) is 0 Å². The molecule has 0 N–H and O–H groups in total. The van der Waals surface area contributed by atoms with Gasteiger partial charge in [0.25, 0.3) is 0 Å².